The SMILES string of the molecule is Cc1ccccc1CC(CN)C1CCC1. The van der Waals surface area contributed by atoms with E-state index >= 15 is 0 Å². The van der Waals surface area contributed by atoms with Crippen molar-refractivity contribution in [3.05, 3.63) is 35.4 Å². The maximum absolute atomic E-state index is 5.88. The van der Waals surface area contributed by atoms with Crippen molar-refractivity contribution in [1.82, 2.24) is 0 Å². The van der Waals surface area contributed by atoms with Gasteiger partial charge in [-0.05, 0) is 42.9 Å². The molecule has 1 unspecified atom stereocenters. The molecule has 0 aliphatic heterocycles. The second-order valence-corrected chi connectivity index (χ2v) is 4.82. The molecule has 2 N–H and O–H groups in total. The molecule has 82 valence electrons. The predicted molar refractivity (Wildman–Crippen MR) is 64.8 cm³/mol. The van der Waals surface area contributed by atoms with E-state index in [-0.39, 0.29) is 0 Å². The maximum Gasteiger partial charge on any atom is -0.00430 e. The molecule has 1 heteroatoms. The van der Waals surface area contributed by atoms with Gasteiger partial charge in [-0.2, -0.15) is 0 Å². The highest BCUT2D eigenvalue weighted by molar-refractivity contribution is 5.26. The lowest BCUT2D eigenvalue weighted by atomic mass is 9.73. The van der Waals surface area contributed by atoms with E-state index in [1.165, 1.54) is 36.8 Å². The normalized spacial score (nSPS) is 18.5. The van der Waals surface area contributed by atoms with Crippen LogP contribution < -0.4 is 5.73 Å². The molecule has 1 aromatic rings. The number of nitrogens with two attached hydrogens (primary N) is 1. The lowest BCUT2D eigenvalue weighted by Crippen LogP contribution is -2.30. The van der Waals surface area contributed by atoms with E-state index in [1.807, 2.05) is 0 Å². The molecule has 0 saturated heterocycles. The first kappa shape index (κ1) is 10.7. The van der Waals surface area contributed by atoms with Crippen LogP contribution in [0, 0.1) is 18.8 Å². The van der Waals surface area contributed by atoms with Crippen LogP contribution in [0.1, 0.15) is 30.4 Å². The van der Waals surface area contributed by atoms with Crippen molar-refractivity contribution in [2.45, 2.75) is 32.6 Å². The van der Waals surface area contributed by atoms with Crippen LogP contribution in [0.3, 0.4) is 0 Å². The zero-order chi connectivity index (χ0) is 10.7. The molecule has 1 fully saturated rings. The number of hydrogen-bond donors (Lipinski definition) is 1. The van der Waals surface area contributed by atoms with Gasteiger partial charge < -0.3 is 5.73 Å². The molecular weight excluding hydrogens is 182 g/mol. The van der Waals surface area contributed by atoms with Crippen LogP contribution >= 0.6 is 0 Å². The molecule has 1 aromatic carbocycles. The molecule has 0 heterocycles. The molecule has 1 aliphatic carbocycles. The average molecular weight is 203 g/mol. The Kier molecular flexibility index (Phi) is 3.42. The maximum atomic E-state index is 5.88. The van der Waals surface area contributed by atoms with Crippen LogP contribution in [-0.2, 0) is 6.42 Å². The summed E-state index contributed by atoms with van der Waals surface area (Å²) in [5.74, 6) is 1.61. The van der Waals surface area contributed by atoms with Gasteiger partial charge in [0.1, 0.15) is 0 Å². The van der Waals surface area contributed by atoms with E-state index in [2.05, 4.69) is 31.2 Å². The zero-order valence-electron chi connectivity index (χ0n) is 9.58. The summed E-state index contributed by atoms with van der Waals surface area (Å²) >= 11 is 0. The van der Waals surface area contributed by atoms with Crippen LogP contribution in [0.15, 0.2) is 24.3 Å². The van der Waals surface area contributed by atoms with Crippen molar-refractivity contribution >= 4 is 0 Å². The Balaban J connectivity index is 2.02. The van der Waals surface area contributed by atoms with Crippen LogP contribution in [0.4, 0.5) is 0 Å². The summed E-state index contributed by atoms with van der Waals surface area (Å²) in [7, 11) is 0. The van der Waals surface area contributed by atoms with Crippen molar-refractivity contribution in [3.63, 3.8) is 0 Å². The summed E-state index contributed by atoms with van der Waals surface area (Å²) < 4.78 is 0. The monoisotopic (exact) mass is 203 g/mol. The van der Waals surface area contributed by atoms with E-state index in [4.69, 9.17) is 5.73 Å². The van der Waals surface area contributed by atoms with Gasteiger partial charge in [-0.1, -0.05) is 43.5 Å². The predicted octanol–water partition coefficient (Wildman–Crippen LogP) is 2.91. The fourth-order valence-corrected chi connectivity index (χ4v) is 2.48. The van der Waals surface area contributed by atoms with Gasteiger partial charge in [-0.25, -0.2) is 0 Å². The molecule has 0 bridgehead atoms. The highest BCUT2D eigenvalue weighted by Gasteiger charge is 2.26. The minimum absolute atomic E-state index is 0.708. The molecular formula is C14H21N. The molecule has 1 atom stereocenters. The van der Waals surface area contributed by atoms with Crippen LogP contribution in [-0.4, -0.2) is 6.54 Å². The van der Waals surface area contributed by atoms with Crippen molar-refractivity contribution in [2.75, 3.05) is 6.54 Å². The van der Waals surface area contributed by atoms with Gasteiger partial charge in [0.05, 0.1) is 0 Å². The standard InChI is InChI=1S/C14H21N/c1-11-5-2-3-6-13(11)9-14(10-15)12-7-4-8-12/h2-3,5-6,12,14H,4,7-10,15H2,1H3. The minimum Gasteiger partial charge on any atom is -0.330 e. The lowest BCUT2D eigenvalue weighted by molar-refractivity contribution is 0.209. The third-order valence-corrected chi connectivity index (χ3v) is 3.86. The van der Waals surface area contributed by atoms with E-state index in [9.17, 15) is 0 Å². The summed E-state index contributed by atoms with van der Waals surface area (Å²) in [6.45, 7) is 3.04. The molecule has 15 heavy (non-hydrogen) atoms. The molecule has 0 aromatic heterocycles. The van der Waals surface area contributed by atoms with Gasteiger partial charge in [0, 0.05) is 0 Å². The highest BCUT2D eigenvalue weighted by atomic mass is 14.6. The molecule has 1 nitrogen and oxygen atoms in total. The number of aryl methyl sites for hydroxylation is 1. The van der Waals surface area contributed by atoms with E-state index < -0.39 is 0 Å². The van der Waals surface area contributed by atoms with Gasteiger partial charge in [-0.15, -0.1) is 0 Å². The Bertz CT molecular complexity index is 315. The first-order valence-corrected chi connectivity index (χ1v) is 6.06. The first-order valence-electron chi connectivity index (χ1n) is 6.06. The largest absolute Gasteiger partial charge is 0.330 e. The van der Waals surface area contributed by atoms with Gasteiger partial charge >= 0.3 is 0 Å². The topological polar surface area (TPSA) is 26.0 Å². The first-order chi connectivity index (χ1) is 7.31. The molecule has 1 aliphatic rings. The Labute approximate surface area is 92.7 Å². The van der Waals surface area contributed by atoms with Crippen LogP contribution in [0.5, 0.6) is 0 Å². The zero-order valence-corrected chi connectivity index (χ0v) is 9.58. The Morgan fingerprint density at radius 1 is 1.33 bits per heavy atom. The van der Waals surface area contributed by atoms with Crippen LogP contribution in [0.2, 0.25) is 0 Å². The summed E-state index contributed by atoms with van der Waals surface area (Å²) in [4.78, 5) is 0. The summed E-state index contributed by atoms with van der Waals surface area (Å²) in [6, 6.07) is 8.69. The van der Waals surface area contributed by atoms with Crippen molar-refractivity contribution in [1.29, 1.82) is 0 Å². The van der Waals surface area contributed by atoms with E-state index in [0.29, 0.717) is 5.92 Å². The van der Waals surface area contributed by atoms with E-state index in [1.54, 1.807) is 0 Å². The summed E-state index contributed by atoms with van der Waals surface area (Å²) in [5, 5.41) is 0. The fraction of sp³-hybridized carbons (Fsp3) is 0.571. The number of benzene rings is 1. The molecule has 0 spiro atoms. The Hall–Kier alpha value is -0.820. The smallest absolute Gasteiger partial charge is 0.00430 e. The molecule has 0 amide bonds. The highest BCUT2D eigenvalue weighted by Crippen LogP contribution is 2.35. The molecule has 2 rings (SSSR count). The van der Waals surface area contributed by atoms with Gasteiger partial charge in [0.2, 0.25) is 0 Å². The third-order valence-electron chi connectivity index (χ3n) is 3.86. The van der Waals surface area contributed by atoms with Crippen molar-refractivity contribution in [2.24, 2.45) is 17.6 Å². The second-order valence-electron chi connectivity index (χ2n) is 4.82. The van der Waals surface area contributed by atoms with E-state index in [0.717, 1.165) is 12.5 Å². The average Bonchev–Trinajstić information content (AvgIpc) is 2.17. The minimum atomic E-state index is 0.708. The molecule has 1 saturated carbocycles. The second kappa shape index (κ2) is 4.80. The Morgan fingerprint density at radius 3 is 2.60 bits per heavy atom. The number of rotatable bonds is 4. The quantitative estimate of drug-likeness (QED) is 0.800. The van der Waals surface area contributed by atoms with Gasteiger partial charge in [-0.3, -0.25) is 0 Å². The Morgan fingerprint density at radius 2 is 2.07 bits per heavy atom. The number of hydrogen-bond acceptors (Lipinski definition) is 1. The fourth-order valence-electron chi connectivity index (χ4n) is 2.48. The van der Waals surface area contributed by atoms with Gasteiger partial charge in [0.25, 0.3) is 0 Å². The lowest BCUT2D eigenvalue weighted by Gasteiger charge is -2.33. The van der Waals surface area contributed by atoms with Gasteiger partial charge in [0.15, 0.2) is 0 Å². The molecule has 0 radical (unpaired) electrons. The van der Waals surface area contributed by atoms with Crippen molar-refractivity contribution in [3.8, 4) is 0 Å². The van der Waals surface area contributed by atoms with Crippen LogP contribution in [0.25, 0.3) is 0 Å². The summed E-state index contributed by atoms with van der Waals surface area (Å²) in [6.07, 6.45) is 5.38. The van der Waals surface area contributed by atoms with Crippen molar-refractivity contribution < 1.29 is 0 Å². The third kappa shape index (κ3) is 2.40. The summed E-state index contributed by atoms with van der Waals surface area (Å²) in [5.41, 5.74) is 8.78.